The Balaban J connectivity index is 0.000000152. The number of fused-ring (bicyclic) bond motifs is 20. The van der Waals surface area contributed by atoms with Crippen LogP contribution >= 0.6 is 38.9 Å². The minimum Gasteiger partial charge on any atom is -0.414 e. The Morgan fingerprint density at radius 2 is 0.734 bits per heavy atom. The van der Waals surface area contributed by atoms with Gasteiger partial charge in [-0.25, -0.2) is 0 Å². The zero-order valence-corrected chi connectivity index (χ0v) is 94.7. The van der Waals surface area contributed by atoms with Crippen LogP contribution in [0.15, 0.2) is 69.9 Å². The number of carbonyl (C=O) groups is 2. The van der Waals surface area contributed by atoms with Gasteiger partial charge in [0.1, 0.15) is 5.78 Å². The fourth-order valence-electron chi connectivity index (χ4n) is 32.1. The second kappa shape index (κ2) is 36.4. The Bertz CT molecular complexity index is 4380. The molecule has 0 radical (unpaired) electrons. The van der Waals surface area contributed by atoms with Crippen molar-refractivity contribution in [2.45, 2.75) is 450 Å². The minimum absolute atomic E-state index is 0.0940. The first-order valence-electron chi connectivity index (χ1n) is 51.7. The lowest BCUT2D eigenvalue weighted by atomic mass is 9.46. The fraction of sp³-hybridized carbons (Fsp3) is 0.839. The lowest BCUT2D eigenvalue weighted by molar-refractivity contribution is -0.142. The van der Waals surface area contributed by atoms with E-state index in [1.807, 2.05) is 6.92 Å². The Morgan fingerprint density at radius 3 is 1.05 bits per heavy atom. The summed E-state index contributed by atoms with van der Waals surface area (Å²) in [5.74, 6) is 17.7. The van der Waals surface area contributed by atoms with Crippen LogP contribution in [0.1, 0.15) is 347 Å². The smallest absolute Gasteiger partial charge is 0.339 e. The summed E-state index contributed by atoms with van der Waals surface area (Å²) in [5.41, 5.74) is 10.0. The normalized spacial score (nSPS) is 43.6. The first-order chi connectivity index (χ1) is 58.4. The first-order valence-corrected chi connectivity index (χ1v) is 67.8. The van der Waals surface area contributed by atoms with Crippen LogP contribution in [-0.4, -0.2) is 80.0 Å². The molecule has 0 aromatic rings. The van der Waals surface area contributed by atoms with Crippen molar-refractivity contribution in [3.63, 3.8) is 0 Å². The molecule has 128 heavy (non-hydrogen) atoms. The van der Waals surface area contributed by atoms with Crippen molar-refractivity contribution < 1.29 is 37.0 Å². The summed E-state index contributed by atoms with van der Waals surface area (Å²) < 4.78 is 37.0. The van der Waals surface area contributed by atoms with E-state index in [1.165, 1.54) is 115 Å². The van der Waals surface area contributed by atoms with Crippen molar-refractivity contribution in [1.82, 2.24) is 0 Å². The molecule has 18 unspecified atom stereocenters. The third kappa shape index (κ3) is 19.1. The number of aliphatic hydroxyl groups is 1. The molecule has 10 saturated carbocycles. The number of halogens is 3. The van der Waals surface area contributed by atoms with Crippen LogP contribution in [0.3, 0.4) is 0 Å². The summed E-state index contributed by atoms with van der Waals surface area (Å²) in [6.07, 6.45) is 59.8. The average molecular weight is 1910 g/mol. The molecule has 0 aliphatic heterocycles. The summed E-state index contributed by atoms with van der Waals surface area (Å²) in [5, 5.41) is 9.76. The summed E-state index contributed by atoms with van der Waals surface area (Å²) in [6, 6.07) is 0. The molecule has 16 aliphatic rings. The molecule has 722 valence electrons. The van der Waals surface area contributed by atoms with Gasteiger partial charge in [-0.2, -0.15) is 0 Å². The molecule has 16 aliphatic carbocycles. The maximum absolute atomic E-state index is 12.5. The predicted molar refractivity (Wildman–Crippen MR) is 553 cm³/mol. The van der Waals surface area contributed by atoms with Crippen LogP contribution in [-0.2, 0) is 31.9 Å². The van der Waals surface area contributed by atoms with Gasteiger partial charge in [0, 0.05) is 41.3 Å². The van der Waals surface area contributed by atoms with Gasteiger partial charge in [-0.1, -0.05) is 230 Å². The molecule has 16 heteroatoms. The van der Waals surface area contributed by atoms with Crippen molar-refractivity contribution in [2.24, 2.45) is 144 Å². The van der Waals surface area contributed by atoms with E-state index in [1.54, 1.807) is 29.2 Å². The van der Waals surface area contributed by atoms with Crippen molar-refractivity contribution >= 4 is 83.8 Å². The third-order valence-electron chi connectivity index (χ3n) is 42.9. The van der Waals surface area contributed by atoms with Crippen LogP contribution < -0.4 is 0 Å². The van der Waals surface area contributed by atoms with Gasteiger partial charge >= 0.3 is 5.20 Å². The number of terminal acetylenes is 2. The highest BCUT2D eigenvalue weighted by Crippen LogP contribution is 2.73. The summed E-state index contributed by atoms with van der Waals surface area (Å²) in [7, 11) is -6.90. The quantitative estimate of drug-likeness (QED) is 0.0997. The van der Waals surface area contributed by atoms with E-state index < -0.39 is 44.1 Å². The second-order valence-electron chi connectivity index (χ2n) is 54.1. The van der Waals surface area contributed by atoms with E-state index in [0.29, 0.717) is 111 Å². The van der Waals surface area contributed by atoms with Gasteiger partial charge in [0.05, 0.1) is 11.0 Å². The number of ketones is 2. The van der Waals surface area contributed by atoms with Crippen molar-refractivity contribution in [2.75, 3.05) is 0 Å². The van der Waals surface area contributed by atoms with Crippen LogP contribution in [0.2, 0.25) is 72.5 Å². The molecular formula is C112H184Cl3O8PSi4. The van der Waals surface area contributed by atoms with E-state index in [0.717, 1.165) is 105 Å². The van der Waals surface area contributed by atoms with Crippen LogP contribution in [0.25, 0.3) is 0 Å². The standard InChI is InChI=1S/C28H48O2Si.2C28H46O2Si.C28H44OSi.Cl3OP/c2*1-18-16-24(19(2)29)28(7)15-13-23-22(25(18)28)11-10-20-17-21(12-14-27(20,23)6)30-31(8,9)26(3,4)5;1-10-26(6)18-19(2)24-22-12-11-20-17-21(30-31(8,9)25(3,4)5)13-15-27(20,7)23(22)14-16-28(24,26)29;1-10-20-17-19(2)25-23-12-11-21-18-22(29-30(8,9)26(3,4)5)13-15-27(21,6)24(23)14-16-28(20,25)7;1-5(2,3)4/h10,18,21-25H,11-17H2,1-9H3;10,16,18,21-23,25H,11-15,17H2,1-9H3;1,11,19,21-24,29H,12-18H2,2-9H3;1,11,17,19,22-25H,12-16,18H2,2-9H3;/t18?,21-,22?,23?,24?,25?,27-,28+;18?,21-,22?,23?,25?,27-,28+;19?,21-,22?,23?,24?,26?,27-,28+;19?,22-,23?,24?,25?,27-,28+;/m0000./s1. The van der Waals surface area contributed by atoms with E-state index in [4.69, 9.17) is 30.6 Å². The van der Waals surface area contributed by atoms with E-state index >= 15 is 0 Å². The predicted octanol–water partition coefficient (Wildman–Crippen LogP) is 33.0. The summed E-state index contributed by atoms with van der Waals surface area (Å²) in [6.45, 7) is 80.3. The van der Waals surface area contributed by atoms with Gasteiger partial charge in [-0.05, 0) is 427 Å². The molecule has 0 aromatic heterocycles. The van der Waals surface area contributed by atoms with E-state index in [-0.39, 0.29) is 47.2 Å². The van der Waals surface area contributed by atoms with Gasteiger partial charge < -0.3 is 22.8 Å². The molecular weight excluding hydrogens is 1720 g/mol. The van der Waals surface area contributed by atoms with Gasteiger partial charge in [-0.15, -0.1) is 12.8 Å². The summed E-state index contributed by atoms with van der Waals surface area (Å²) >= 11 is 13.8. The maximum atomic E-state index is 12.5. The lowest BCUT2D eigenvalue weighted by Gasteiger charge is -2.59. The van der Waals surface area contributed by atoms with E-state index in [2.05, 4.69) is 301 Å². The number of allylic oxidation sites excluding steroid dienone is 8. The highest BCUT2D eigenvalue weighted by Gasteiger charge is 2.69. The first kappa shape index (κ1) is 106. The molecule has 1 N–H and O–H groups in total. The Hall–Kier alpha value is -1.33. The van der Waals surface area contributed by atoms with Crippen molar-refractivity contribution in [3.05, 3.63) is 69.9 Å². The number of Topliss-reactive ketones (excluding diaryl/α,β-unsaturated/α-hetero) is 2. The summed E-state index contributed by atoms with van der Waals surface area (Å²) in [4.78, 5) is 24.9. The molecule has 0 saturated heterocycles. The van der Waals surface area contributed by atoms with Crippen LogP contribution in [0.5, 0.6) is 0 Å². The van der Waals surface area contributed by atoms with Crippen molar-refractivity contribution in [3.8, 4) is 24.7 Å². The van der Waals surface area contributed by atoms with Gasteiger partial charge in [0.25, 0.3) is 0 Å². The number of rotatable bonds is 10. The van der Waals surface area contributed by atoms with Crippen LogP contribution in [0, 0.1) is 169 Å². The molecule has 0 heterocycles. The van der Waals surface area contributed by atoms with Crippen LogP contribution in [0.4, 0.5) is 0 Å². The number of hydrogen-bond acceptors (Lipinski definition) is 8. The molecule has 0 amide bonds. The molecule has 10 fully saturated rings. The zero-order chi connectivity index (χ0) is 95.6. The Kier molecular flexibility index (Phi) is 30.0. The molecule has 0 spiro atoms. The van der Waals surface area contributed by atoms with Crippen molar-refractivity contribution in [1.29, 1.82) is 0 Å². The lowest BCUT2D eigenvalue weighted by Crippen LogP contribution is -2.57. The van der Waals surface area contributed by atoms with Gasteiger partial charge in [0.15, 0.2) is 39.1 Å². The SMILES string of the molecule is C#CC1(C)CC(C)C2C3CC=C4C[C@@H](O[Si](C)(C)C(C)(C)C)CC[C@]4(C)C3CC[C@@]21O.C#CC1=CC(C)C2C3CC=C4C[C@@H](O[Si](C)(C)C(C)(C)C)CC[C@]4(C)C3CC[C@]12C.CC(=O)C1=CC(C)C2C3CC=C4C[C@@H](O[Si](C)(C)C(C)(C)C)CC[C@]4(C)C3CC[C@]12C.CC(=O)C1CC(C)C2C3CC=C4C[C@@H](O[Si](C)(C)C(C)(C)C)CC[C@]4(C)C3CC[C@]12C.O=P(Cl)(Cl)Cl. The topological polar surface area (TPSA) is 108 Å². The second-order valence-corrected chi connectivity index (χ2v) is 79.8. The third-order valence-corrected chi connectivity index (χ3v) is 61.1. The van der Waals surface area contributed by atoms with Gasteiger partial charge in [-0.3, -0.25) is 14.2 Å². The molecule has 0 bridgehead atoms. The highest BCUT2D eigenvalue weighted by molar-refractivity contribution is 8.24. The molecule has 16 rings (SSSR count). The molecule has 30 atom stereocenters. The molecule has 0 aromatic carbocycles. The maximum Gasteiger partial charge on any atom is 0.339 e. The highest BCUT2D eigenvalue weighted by atomic mass is 36.0. The molecule has 8 nitrogen and oxygen atoms in total. The minimum atomic E-state index is -3.22. The van der Waals surface area contributed by atoms with Gasteiger partial charge in [0.2, 0.25) is 0 Å². The number of hydrogen-bond donors (Lipinski definition) is 1. The Morgan fingerprint density at radius 1 is 0.438 bits per heavy atom. The zero-order valence-electron chi connectivity index (χ0n) is 87.5. The average Bonchev–Trinajstić information content (AvgIpc) is 1.52. The number of carbonyl (C=O) groups excluding carboxylic acids is 2. The monoisotopic (exact) mass is 1910 g/mol. The Labute approximate surface area is 802 Å². The van der Waals surface area contributed by atoms with E-state index in [9.17, 15) is 19.3 Å². The fourth-order valence-corrected chi connectivity index (χ4v) is 37.7. The largest absolute Gasteiger partial charge is 0.414 e.